The molecule has 0 aliphatic carbocycles. The predicted molar refractivity (Wildman–Crippen MR) is 201 cm³/mol. The fourth-order valence-electron chi connectivity index (χ4n) is 8.39. The molecule has 0 fully saturated rings. The second kappa shape index (κ2) is 9.19. The number of rotatable bonds is 2. The summed E-state index contributed by atoms with van der Waals surface area (Å²) in [5, 5.41) is 17.7. The zero-order valence-electron chi connectivity index (χ0n) is 25.4. The van der Waals surface area contributed by atoms with E-state index in [1.165, 1.54) is 92.3 Å². The first-order valence-corrected chi connectivity index (χ1v) is 16.3. The van der Waals surface area contributed by atoms with E-state index in [-0.39, 0.29) is 0 Å². The molecule has 0 bridgehead atoms. The van der Waals surface area contributed by atoms with E-state index in [4.69, 9.17) is 4.42 Å². The third-order valence-electron chi connectivity index (χ3n) is 10.4. The zero-order chi connectivity index (χ0) is 30.6. The summed E-state index contributed by atoms with van der Waals surface area (Å²) in [5.74, 6) is 0. The summed E-state index contributed by atoms with van der Waals surface area (Å²) < 4.78 is 6.39. The van der Waals surface area contributed by atoms with E-state index < -0.39 is 0 Å². The van der Waals surface area contributed by atoms with Crippen LogP contribution in [0.25, 0.3) is 109 Å². The van der Waals surface area contributed by atoms with Crippen LogP contribution in [0, 0.1) is 0 Å². The highest BCUT2D eigenvalue weighted by Crippen LogP contribution is 2.48. The van der Waals surface area contributed by atoms with Crippen molar-refractivity contribution in [2.45, 2.75) is 0 Å². The third-order valence-corrected chi connectivity index (χ3v) is 10.4. The number of hydrogen-bond donors (Lipinski definition) is 0. The largest absolute Gasteiger partial charge is 0.456 e. The molecule has 11 rings (SSSR count). The lowest BCUT2D eigenvalue weighted by Crippen LogP contribution is -1.92. The van der Waals surface area contributed by atoms with Crippen LogP contribution in [-0.2, 0) is 0 Å². The van der Waals surface area contributed by atoms with Crippen molar-refractivity contribution < 1.29 is 4.42 Å². The van der Waals surface area contributed by atoms with Gasteiger partial charge < -0.3 is 4.42 Å². The Morgan fingerprint density at radius 3 is 1.60 bits per heavy atom. The van der Waals surface area contributed by atoms with Gasteiger partial charge in [0.1, 0.15) is 11.2 Å². The van der Waals surface area contributed by atoms with Crippen LogP contribution in [0.15, 0.2) is 162 Å². The second-order valence-electron chi connectivity index (χ2n) is 12.8. The van der Waals surface area contributed by atoms with Crippen LogP contribution in [0.5, 0.6) is 0 Å². The SMILES string of the molecule is c1ccc2c(c1)ccc1oc3ccc(-c4c5ccccc5c(-c5ccc6ccc7cccc8ccc5c6c78)c5ccccc45)cc3c12. The number of benzene rings is 10. The van der Waals surface area contributed by atoms with Crippen molar-refractivity contribution in [1.82, 2.24) is 0 Å². The Morgan fingerprint density at radius 1 is 0.298 bits per heavy atom. The quantitative estimate of drug-likeness (QED) is 0.143. The molecule has 0 saturated carbocycles. The van der Waals surface area contributed by atoms with Gasteiger partial charge in [0.15, 0.2) is 0 Å². The van der Waals surface area contributed by atoms with Crippen molar-refractivity contribution in [3.05, 3.63) is 158 Å². The maximum atomic E-state index is 6.39. The first kappa shape index (κ1) is 25.1. The topological polar surface area (TPSA) is 13.1 Å². The van der Waals surface area contributed by atoms with Crippen molar-refractivity contribution in [3.63, 3.8) is 0 Å². The van der Waals surface area contributed by atoms with E-state index in [1.807, 2.05) is 0 Å². The molecule has 0 radical (unpaired) electrons. The van der Waals surface area contributed by atoms with Crippen LogP contribution in [-0.4, -0.2) is 0 Å². The molecule has 0 unspecified atom stereocenters. The van der Waals surface area contributed by atoms with E-state index in [0.717, 1.165) is 16.6 Å². The lowest BCUT2D eigenvalue weighted by atomic mass is 9.83. The molecule has 1 aromatic heterocycles. The zero-order valence-corrected chi connectivity index (χ0v) is 25.4. The van der Waals surface area contributed by atoms with Crippen molar-refractivity contribution in [1.29, 1.82) is 0 Å². The summed E-state index contributed by atoms with van der Waals surface area (Å²) in [5.41, 5.74) is 6.86. The first-order valence-electron chi connectivity index (χ1n) is 16.3. The molecular weight excluding hydrogens is 569 g/mol. The number of hydrogen-bond acceptors (Lipinski definition) is 1. The number of fused-ring (bicyclic) bond motifs is 7. The highest BCUT2D eigenvalue weighted by molar-refractivity contribution is 6.30. The predicted octanol–water partition coefficient (Wildman–Crippen LogP) is 13.3. The summed E-state index contributed by atoms with van der Waals surface area (Å²) in [6, 6.07) is 57.9. The van der Waals surface area contributed by atoms with E-state index >= 15 is 0 Å². The van der Waals surface area contributed by atoms with Gasteiger partial charge in [-0.3, -0.25) is 0 Å². The molecule has 10 aromatic carbocycles. The minimum Gasteiger partial charge on any atom is -0.456 e. The average molecular weight is 595 g/mol. The van der Waals surface area contributed by atoms with Crippen molar-refractivity contribution in [2.24, 2.45) is 0 Å². The summed E-state index contributed by atoms with van der Waals surface area (Å²) in [6.07, 6.45) is 0. The van der Waals surface area contributed by atoms with Crippen molar-refractivity contribution in [2.75, 3.05) is 0 Å². The van der Waals surface area contributed by atoms with Gasteiger partial charge in [-0.1, -0.05) is 140 Å². The van der Waals surface area contributed by atoms with Crippen molar-refractivity contribution >= 4 is 86.6 Å². The second-order valence-corrected chi connectivity index (χ2v) is 12.8. The maximum absolute atomic E-state index is 6.39. The third kappa shape index (κ3) is 3.38. The molecular formula is C46H26O. The molecule has 1 heterocycles. The van der Waals surface area contributed by atoms with Crippen LogP contribution < -0.4 is 0 Å². The fraction of sp³-hybridized carbons (Fsp3) is 0. The normalized spacial score (nSPS) is 12.3. The van der Waals surface area contributed by atoms with Gasteiger partial charge in [-0.25, -0.2) is 0 Å². The molecule has 11 aromatic rings. The van der Waals surface area contributed by atoms with E-state index in [9.17, 15) is 0 Å². The Morgan fingerprint density at radius 2 is 0.851 bits per heavy atom. The summed E-state index contributed by atoms with van der Waals surface area (Å²) >= 11 is 0. The molecule has 0 aliphatic rings. The molecule has 0 spiro atoms. The molecule has 1 heteroatoms. The Kier molecular flexibility index (Phi) is 4.90. The molecule has 0 amide bonds. The minimum atomic E-state index is 0.916. The van der Waals surface area contributed by atoms with Gasteiger partial charge in [0.2, 0.25) is 0 Å². The van der Waals surface area contributed by atoms with Gasteiger partial charge >= 0.3 is 0 Å². The Labute approximate surface area is 270 Å². The van der Waals surface area contributed by atoms with Gasteiger partial charge in [0, 0.05) is 10.8 Å². The lowest BCUT2D eigenvalue weighted by Gasteiger charge is -2.20. The summed E-state index contributed by atoms with van der Waals surface area (Å²) in [7, 11) is 0. The Bertz CT molecular complexity index is 3000. The molecule has 47 heavy (non-hydrogen) atoms. The Hall–Kier alpha value is -6.18. The highest BCUT2D eigenvalue weighted by Gasteiger charge is 2.20. The van der Waals surface area contributed by atoms with Gasteiger partial charge in [0.25, 0.3) is 0 Å². The minimum absolute atomic E-state index is 0.916. The van der Waals surface area contributed by atoms with Gasteiger partial charge in [-0.2, -0.15) is 0 Å². The van der Waals surface area contributed by atoms with Gasteiger partial charge in [-0.15, -0.1) is 0 Å². The van der Waals surface area contributed by atoms with Crippen LogP contribution in [0.1, 0.15) is 0 Å². The highest BCUT2D eigenvalue weighted by atomic mass is 16.3. The molecule has 0 saturated heterocycles. The standard InChI is InChI=1S/C46H26O/c1-2-11-32-27(8-1)20-25-41-46(32)39-26-31(21-24-40(39)47-41)43-33-12-3-5-14-35(33)45(36-15-6-4-13-34(36)43)38-23-19-30-17-16-28-9-7-10-29-18-22-37(38)44(30)42(28)29/h1-26H. The van der Waals surface area contributed by atoms with Crippen LogP contribution in [0.4, 0.5) is 0 Å². The van der Waals surface area contributed by atoms with E-state index in [0.29, 0.717) is 0 Å². The lowest BCUT2D eigenvalue weighted by molar-refractivity contribution is 0.669. The molecule has 1 nitrogen and oxygen atoms in total. The molecule has 216 valence electrons. The maximum Gasteiger partial charge on any atom is 0.136 e. The van der Waals surface area contributed by atoms with E-state index in [1.54, 1.807) is 0 Å². The smallest absolute Gasteiger partial charge is 0.136 e. The van der Waals surface area contributed by atoms with Crippen LogP contribution >= 0.6 is 0 Å². The fourth-order valence-corrected chi connectivity index (χ4v) is 8.39. The van der Waals surface area contributed by atoms with Crippen molar-refractivity contribution in [3.8, 4) is 22.3 Å². The summed E-state index contributed by atoms with van der Waals surface area (Å²) in [4.78, 5) is 0. The Balaban J connectivity index is 1.26. The summed E-state index contributed by atoms with van der Waals surface area (Å²) in [6.45, 7) is 0. The van der Waals surface area contributed by atoms with Crippen LogP contribution in [0.2, 0.25) is 0 Å². The van der Waals surface area contributed by atoms with Gasteiger partial charge in [-0.05, 0) is 105 Å². The average Bonchev–Trinajstić information content (AvgIpc) is 3.51. The molecule has 0 N–H and O–H groups in total. The monoisotopic (exact) mass is 594 g/mol. The van der Waals surface area contributed by atoms with Gasteiger partial charge in [0.05, 0.1) is 0 Å². The molecule has 0 aliphatic heterocycles. The van der Waals surface area contributed by atoms with Crippen LogP contribution in [0.3, 0.4) is 0 Å². The number of furan rings is 1. The molecule has 0 atom stereocenters. The van der Waals surface area contributed by atoms with E-state index in [2.05, 4.69) is 158 Å². The first-order chi connectivity index (χ1) is 23.3.